The van der Waals surface area contributed by atoms with Gasteiger partial charge in [-0.05, 0) is 60.7 Å². The molecule has 6 nitrogen and oxygen atoms in total. The molecule has 3 aromatic rings. The van der Waals surface area contributed by atoms with E-state index in [4.69, 9.17) is 9.15 Å². The van der Waals surface area contributed by atoms with Crippen molar-refractivity contribution in [2.45, 2.75) is 31.7 Å². The van der Waals surface area contributed by atoms with E-state index in [0.717, 1.165) is 31.2 Å². The van der Waals surface area contributed by atoms with Gasteiger partial charge in [-0.1, -0.05) is 31.0 Å². The second-order valence-electron chi connectivity index (χ2n) is 7.89. The lowest BCUT2D eigenvalue weighted by molar-refractivity contribution is -0.124. The number of hydrogen-bond donors (Lipinski definition) is 2. The largest absolute Gasteiger partial charge is 0.484 e. The van der Waals surface area contributed by atoms with Gasteiger partial charge in [0.15, 0.2) is 12.4 Å². The zero-order valence-electron chi connectivity index (χ0n) is 17.6. The third kappa shape index (κ3) is 5.55. The molecule has 2 aromatic carbocycles. The molecule has 0 bridgehead atoms. The van der Waals surface area contributed by atoms with Crippen LogP contribution < -0.4 is 15.4 Å². The summed E-state index contributed by atoms with van der Waals surface area (Å²) in [6.07, 6.45) is 5.75. The van der Waals surface area contributed by atoms with Crippen molar-refractivity contribution in [2.24, 2.45) is 5.92 Å². The molecule has 0 spiro atoms. The molecule has 1 atom stereocenters. The maximum absolute atomic E-state index is 13.4. The highest BCUT2D eigenvalue weighted by atomic mass is 19.1. The van der Waals surface area contributed by atoms with E-state index in [1.165, 1.54) is 18.4 Å². The fourth-order valence-electron chi connectivity index (χ4n) is 4.06. The number of benzene rings is 2. The summed E-state index contributed by atoms with van der Waals surface area (Å²) in [6, 6.07) is 16.1. The first-order chi connectivity index (χ1) is 15.6. The van der Waals surface area contributed by atoms with Crippen molar-refractivity contribution in [1.82, 2.24) is 5.32 Å². The standard InChI is InChI=1S/C25H25FN2O4/c26-19-12-10-18(11-13-19)24(17-5-1-2-6-17)28-23(29)16-32-21-8-3-7-20(15-21)27-25(30)22-9-4-14-31-22/h3-4,7-15,17,24H,1-2,5-6,16H2,(H,27,30)(H,28,29). The van der Waals surface area contributed by atoms with Crippen molar-refractivity contribution in [1.29, 1.82) is 0 Å². The fraction of sp³-hybridized carbons (Fsp3) is 0.280. The Morgan fingerprint density at radius 3 is 2.56 bits per heavy atom. The first-order valence-electron chi connectivity index (χ1n) is 10.7. The number of hydrogen-bond acceptors (Lipinski definition) is 4. The van der Waals surface area contributed by atoms with Gasteiger partial charge < -0.3 is 19.8 Å². The van der Waals surface area contributed by atoms with Gasteiger partial charge in [-0.2, -0.15) is 0 Å². The molecule has 1 aliphatic rings. The molecule has 4 rings (SSSR count). The van der Waals surface area contributed by atoms with Crippen LogP contribution in [-0.4, -0.2) is 18.4 Å². The number of nitrogens with one attached hydrogen (secondary N) is 2. The number of carbonyl (C=O) groups excluding carboxylic acids is 2. The van der Waals surface area contributed by atoms with Crippen molar-refractivity contribution in [3.8, 4) is 5.75 Å². The highest BCUT2D eigenvalue weighted by Crippen LogP contribution is 2.35. The summed E-state index contributed by atoms with van der Waals surface area (Å²) < 4.78 is 24.1. The van der Waals surface area contributed by atoms with Gasteiger partial charge in [-0.25, -0.2) is 4.39 Å². The second kappa shape index (κ2) is 10.1. The van der Waals surface area contributed by atoms with E-state index in [2.05, 4.69) is 10.6 Å². The Morgan fingerprint density at radius 1 is 1.06 bits per heavy atom. The van der Waals surface area contributed by atoms with E-state index in [9.17, 15) is 14.0 Å². The lowest BCUT2D eigenvalue weighted by Crippen LogP contribution is -2.36. The summed E-state index contributed by atoms with van der Waals surface area (Å²) in [5.74, 6) is 0.0584. The van der Waals surface area contributed by atoms with Gasteiger partial charge in [0.25, 0.3) is 11.8 Å². The second-order valence-corrected chi connectivity index (χ2v) is 7.89. The van der Waals surface area contributed by atoms with Crippen LogP contribution in [0.4, 0.5) is 10.1 Å². The SMILES string of the molecule is O=C(COc1cccc(NC(=O)c2ccco2)c1)NC(c1ccc(F)cc1)C1CCCC1. The first-order valence-corrected chi connectivity index (χ1v) is 10.7. The van der Waals surface area contributed by atoms with E-state index in [-0.39, 0.29) is 36.0 Å². The van der Waals surface area contributed by atoms with Crippen LogP contribution in [0.15, 0.2) is 71.3 Å². The molecule has 0 aliphatic heterocycles. The topological polar surface area (TPSA) is 80.6 Å². The van der Waals surface area contributed by atoms with Crippen LogP contribution in [0.2, 0.25) is 0 Å². The van der Waals surface area contributed by atoms with E-state index in [0.29, 0.717) is 17.4 Å². The molecule has 1 aliphatic carbocycles. The molecule has 1 unspecified atom stereocenters. The summed E-state index contributed by atoms with van der Waals surface area (Å²) in [4.78, 5) is 24.8. The highest BCUT2D eigenvalue weighted by molar-refractivity contribution is 6.02. The number of furan rings is 1. The average molecular weight is 436 g/mol. The van der Waals surface area contributed by atoms with Crippen molar-refractivity contribution in [3.05, 3.63) is 84.1 Å². The molecule has 1 aromatic heterocycles. The highest BCUT2D eigenvalue weighted by Gasteiger charge is 2.28. The van der Waals surface area contributed by atoms with Crippen LogP contribution in [0.5, 0.6) is 5.75 Å². The molecule has 2 amide bonds. The molecule has 0 saturated heterocycles. The van der Waals surface area contributed by atoms with Gasteiger partial charge >= 0.3 is 0 Å². The Labute approximate surface area is 185 Å². The van der Waals surface area contributed by atoms with E-state index >= 15 is 0 Å². The molecular weight excluding hydrogens is 411 g/mol. The number of halogens is 1. The Balaban J connectivity index is 1.36. The Bertz CT molecular complexity index is 1040. The van der Waals surface area contributed by atoms with Crippen LogP contribution in [0.3, 0.4) is 0 Å². The van der Waals surface area contributed by atoms with Crippen molar-refractivity contribution < 1.29 is 23.1 Å². The molecule has 1 saturated carbocycles. The minimum Gasteiger partial charge on any atom is -0.484 e. The minimum absolute atomic E-state index is 0.167. The summed E-state index contributed by atoms with van der Waals surface area (Å²) in [7, 11) is 0. The third-order valence-corrected chi connectivity index (χ3v) is 5.62. The molecule has 1 fully saturated rings. The Morgan fingerprint density at radius 2 is 1.84 bits per heavy atom. The molecule has 166 valence electrons. The first kappa shape index (κ1) is 21.6. The fourth-order valence-corrected chi connectivity index (χ4v) is 4.06. The lowest BCUT2D eigenvalue weighted by atomic mass is 9.91. The number of rotatable bonds is 8. The minimum atomic E-state index is -0.372. The summed E-state index contributed by atoms with van der Waals surface area (Å²) in [5, 5.41) is 5.79. The van der Waals surface area contributed by atoms with E-state index in [1.807, 2.05) is 0 Å². The predicted molar refractivity (Wildman–Crippen MR) is 118 cm³/mol. The monoisotopic (exact) mass is 436 g/mol. The van der Waals surface area contributed by atoms with Crippen molar-refractivity contribution >= 4 is 17.5 Å². The maximum Gasteiger partial charge on any atom is 0.291 e. The summed E-state index contributed by atoms with van der Waals surface area (Å²) >= 11 is 0. The number of ether oxygens (including phenoxy) is 1. The third-order valence-electron chi connectivity index (χ3n) is 5.62. The average Bonchev–Trinajstić information content (AvgIpc) is 3.52. The smallest absolute Gasteiger partial charge is 0.291 e. The number of amides is 2. The van der Waals surface area contributed by atoms with Gasteiger partial charge in [0, 0.05) is 11.8 Å². The Kier molecular flexibility index (Phi) is 6.84. The normalized spacial score (nSPS) is 14.7. The summed E-state index contributed by atoms with van der Waals surface area (Å²) in [6.45, 7) is -0.167. The van der Waals surface area contributed by atoms with Crippen molar-refractivity contribution in [2.75, 3.05) is 11.9 Å². The van der Waals surface area contributed by atoms with Gasteiger partial charge in [-0.3, -0.25) is 9.59 Å². The van der Waals surface area contributed by atoms with Gasteiger partial charge in [0.1, 0.15) is 11.6 Å². The van der Waals surface area contributed by atoms with Crippen LogP contribution in [-0.2, 0) is 4.79 Å². The zero-order valence-corrected chi connectivity index (χ0v) is 17.6. The zero-order chi connectivity index (χ0) is 22.3. The molecule has 2 N–H and O–H groups in total. The summed E-state index contributed by atoms with van der Waals surface area (Å²) in [5.41, 5.74) is 1.42. The van der Waals surface area contributed by atoms with Crippen LogP contribution in [0, 0.1) is 11.7 Å². The molecule has 0 radical (unpaired) electrons. The quantitative estimate of drug-likeness (QED) is 0.515. The molecular formula is C25H25FN2O4. The van der Waals surface area contributed by atoms with E-state index in [1.54, 1.807) is 48.5 Å². The Hall–Kier alpha value is -3.61. The van der Waals surface area contributed by atoms with Gasteiger partial charge in [0.2, 0.25) is 0 Å². The maximum atomic E-state index is 13.4. The number of anilines is 1. The van der Waals surface area contributed by atoms with E-state index < -0.39 is 0 Å². The molecule has 7 heteroatoms. The number of carbonyl (C=O) groups is 2. The lowest BCUT2D eigenvalue weighted by Gasteiger charge is -2.25. The molecule has 1 heterocycles. The van der Waals surface area contributed by atoms with Crippen molar-refractivity contribution in [3.63, 3.8) is 0 Å². The molecule has 32 heavy (non-hydrogen) atoms. The van der Waals surface area contributed by atoms with Crippen LogP contribution >= 0.6 is 0 Å². The van der Waals surface area contributed by atoms with Crippen LogP contribution in [0.25, 0.3) is 0 Å². The van der Waals surface area contributed by atoms with Gasteiger partial charge in [-0.15, -0.1) is 0 Å². The van der Waals surface area contributed by atoms with Gasteiger partial charge in [0.05, 0.1) is 12.3 Å². The predicted octanol–water partition coefficient (Wildman–Crippen LogP) is 5.10. The van der Waals surface area contributed by atoms with Crippen LogP contribution in [0.1, 0.15) is 47.8 Å².